The summed E-state index contributed by atoms with van der Waals surface area (Å²) in [5.41, 5.74) is 0.0340. The van der Waals surface area contributed by atoms with E-state index in [9.17, 15) is 17.6 Å². The van der Waals surface area contributed by atoms with Crippen molar-refractivity contribution >= 4 is 16.1 Å². The molecule has 1 aromatic rings. The molecule has 9 heteroatoms. The number of aliphatic hydroxyl groups excluding tert-OH is 1. The van der Waals surface area contributed by atoms with Gasteiger partial charge >= 0.3 is 10.2 Å². The van der Waals surface area contributed by atoms with E-state index < -0.39 is 28.5 Å². The van der Waals surface area contributed by atoms with Crippen LogP contribution < -0.4 is 0 Å². The third kappa shape index (κ3) is 3.61. The fraction of sp³-hybridized carbons (Fsp3) is 0.462. The molecule has 0 radical (unpaired) electrons. The highest BCUT2D eigenvalue weighted by molar-refractivity contribution is 7.87. The van der Waals surface area contributed by atoms with Crippen molar-refractivity contribution in [2.24, 2.45) is 0 Å². The van der Waals surface area contributed by atoms with E-state index in [1.807, 2.05) is 0 Å². The summed E-state index contributed by atoms with van der Waals surface area (Å²) >= 11 is 0. The zero-order valence-corrected chi connectivity index (χ0v) is 12.6. The Morgan fingerprint density at radius 1 is 1.27 bits per heavy atom. The van der Waals surface area contributed by atoms with Gasteiger partial charge in [-0.1, -0.05) is 0 Å². The van der Waals surface area contributed by atoms with Gasteiger partial charge in [-0.05, 0) is 24.3 Å². The van der Waals surface area contributed by atoms with Crippen molar-refractivity contribution in [1.29, 1.82) is 0 Å². The average Bonchev–Trinajstić information content (AvgIpc) is 2.53. The lowest BCUT2D eigenvalue weighted by Gasteiger charge is -2.31. The van der Waals surface area contributed by atoms with Gasteiger partial charge in [0, 0.05) is 18.7 Å². The van der Waals surface area contributed by atoms with Crippen molar-refractivity contribution < 1.29 is 27.4 Å². The lowest BCUT2D eigenvalue weighted by molar-refractivity contribution is 0.0662. The second-order valence-electron chi connectivity index (χ2n) is 4.63. The largest absolute Gasteiger partial charge is 0.394 e. The van der Waals surface area contributed by atoms with Crippen molar-refractivity contribution in [2.75, 3.05) is 39.5 Å². The minimum Gasteiger partial charge on any atom is -0.394 e. The second kappa shape index (κ2) is 7.14. The maximum Gasteiger partial charge on any atom is 0.306 e. The number of benzene rings is 1. The minimum atomic E-state index is -4.06. The molecule has 2 rings (SSSR count). The first-order valence-corrected chi connectivity index (χ1v) is 8.13. The molecule has 1 aliphatic heterocycles. The molecule has 0 unspecified atom stereocenters. The zero-order chi connectivity index (χ0) is 16.2. The van der Waals surface area contributed by atoms with E-state index in [2.05, 4.69) is 0 Å². The van der Waals surface area contributed by atoms with Crippen molar-refractivity contribution in [1.82, 2.24) is 8.61 Å². The van der Waals surface area contributed by atoms with Gasteiger partial charge in [0.25, 0.3) is 5.91 Å². The van der Waals surface area contributed by atoms with Crippen LogP contribution in [0.5, 0.6) is 0 Å². The van der Waals surface area contributed by atoms with E-state index in [0.717, 1.165) is 16.4 Å². The zero-order valence-electron chi connectivity index (χ0n) is 11.8. The number of aliphatic hydroxyl groups is 1. The Kier molecular flexibility index (Phi) is 5.46. The minimum absolute atomic E-state index is 0.0340. The number of halogens is 1. The van der Waals surface area contributed by atoms with E-state index in [1.54, 1.807) is 0 Å². The fourth-order valence-corrected chi connectivity index (χ4v) is 3.58. The van der Waals surface area contributed by atoms with E-state index >= 15 is 0 Å². The first-order valence-electron chi connectivity index (χ1n) is 6.73. The van der Waals surface area contributed by atoms with Crippen LogP contribution in [0.15, 0.2) is 24.3 Å². The number of hydrogen-bond acceptors (Lipinski definition) is 5. The number of ether oxygens (including phenoxy) is 1. The lowest BCUT2D eigenvalue weighted by Crippen LogP contribution is -2.51. The number of rotatable bonds is 5. The molecule has 1 aromatic carbocycles. The first-order chi connectivity index (χ1) is 10.5. The molecule has 1 aliphatic rings. The molecule has 1 fully saturated rings. The topological polar surface area (TPSA) is 87.2 Å². The summed E-state index contributed by atoms with van der Waals surface area (Å²) in [6.45, 7) is -0.0950. The van der Waals surface area contributed by atoms with Crippen LogP contribution in [0.2, 0.25) is 0 Å². The fourth-order valence-electron chi connectivity index (χ4n) is 2.07. The molecule has 1 saturated heterocycles. The monoisotopic (exact) mass is 332 g/mol. The first kappa shape index (κ1) is 16.8. The second-order valence-corrected chi connectivity index (χ2v) is 6.48. The van der Waals surface area contributed by atoms with Gasteiger partial charge in [0.05, 0.1) is 26.4 Å². The van der Waals surface area contributed by atoms with Crippen LogP contribution in [-0.2, 0) is 14.9 Å². The van der Waals surface area contributed by atoms with Crippen molar-refractivity contribution in [3.63, 3.8) is 0 Å². The van der Waals surface area contributed by atoms with E-state index in [0.29, 0.717) is 4.31 Å². The quantitative estimate of drug-likeness (QED) is 0.809. The number of carbonyl (C=O) groups is 1. The summed E-state index contributed by atoms with van der Waals surface area (Å²) in [4.78, 5) is 12.4. The summed E-state index contributed by atoms with van der Waals surface area (Å²) < 4.78 is 44.8. The molecular weight excluding hydrogens is 315 g/mol. The van der Waals surface area contributed by atoms with Gasteiger partial charge in [0.2, 0.25) is 0 Å². The third-order valence-electron chi connectivity index (χ3n) is 3.20. The maximum atomic E-state index is 12.9. The van der Waals surface area contributed by atoms with Gasteiger partial charge < -0.3 is 9.84 Å². The predicted molar refractivity (Wildman–Crippen MR) is 75.8 cm³/mol. The van der Waals surface area contributed by atoms with Crippen molar-refractivity contribution in [2.45, 2.75) is 0 Å². The van der Waals surface area contributed by atoms with Crippen LogP contribution in [0.3, 0.4) is 0 Å². The molecule has 7 nitrogen and oxygen atoms in total. The smallest absolute Gasteiger partial charge is 0.306 e. The van der Waals surface area contributed by atoms with E-state index in [1.165, 1.54) is 12.1 Å². The molecule has 0 bridgehead atoms. The highest BCUT2D eigenvalue weighted by Crippen LogP contribution is 2.15. The molecule has 22 heavy (non-hydrogen) atoms. The molecule has 0 spiro atoms. The van der Waals surface area contributed by atoms with Crippen molar-refractivity contribution in [3.8, 4) is 0 Å². The lowest BCUT2D eigenvalue weighted by atomic mass is 10.2. The number of morpholine rings is 1. The highest BCUT2D eigenvalue weighted by Gasteiger charge is 2.34. The van der Waals surface area contributed by atoms with Crippen molar-refractivity contribution in [3.05, 3.63) is 35.6 Å². The Hall–Kier alpha value is -1.55. The SMILES string of the molecule is O=C(c1ccc(F)cc1)N(CCO)S(=O)(=O)N1CCOCC1. The van der Waals surface area contributed by atoms with Crippen LogP contribution in [-0.4, -0.2) is 67.5 Å². The molecule has 1 N–H and O–H groups in total. The predicted octanol–water partition coefficient (Wildman–Crippen LogP) is -0.163. The molecular formula is C13H17FN2O5S. The van der Waals surface area contributed by atoms with E-state index in [4.69, 9.17) is 9.84 Å². The Labute approximate surface area is 128 Å². The summed E-state index contributed by atoms with van der Waals surface area (Å²) in [5.74, 6) is -1.33. The van der Waals surface area contributed by atoms with Gasteiger partial charge in [-0.25, -0.2) is 8.70 Å². The molecule has 0 saturated carbocycles. The van der Waals surface area contributed by atoms with Gasteiger partial charge in [0.15, 0.2) is 0 Å². The van der Waals surface area contributed by atoms with Crippen LogP contribution >= 0.6 is 0 Å². The molecule has 0 atom stereocenters. The van der Waals surface area contributed by atoms with Gasteiger partial charge in [0.1, 0.15) is 5.82 Å². The van der Waals surface area contributed by atoms with E-state index in [-0.39, 0.29) is 38.4 Å². The normalized spacial score (nSPS) is 16.5. The van der Waals surface area contributed by atoms with Gasteiger partial charge in [-0.3, -0.25) is 4.79 Å². The molecule has 1 amide bonds. The maximum absolute atomic E-state index is 12.9. The number of carbonyl (C=O) groups excluding carboxylic acids is 1. The Balaban J connectivity index is 2.28. The average molecular weight is 332 g/mol. The number of nitrogens with zero attached hydrogens (tertiary/aromatic N) is 2. The summed E-state index contributed by atoms with van der Waals surface area (Å²) in [6, 6.07) is 4.56. The number of amides is 1. The van der Waals surface area contributed by atoms with Crippen LogP contribution in [0.1, 0.15) is 10.4 Å². The van der Waals surface area contributed by atoms with Gasteiger partial charge in [-0.2, -0.15) is 12.7 Å². The highest BCUT2D eigenvalue weighted by atomic mass is 32.2. The Morgan fingerprint density at radius 3 is 2.41 bits per heavy atom. The van der Waals surface area contributed by atoms with Crippen LogP contribution in [0, 0.1) is 5.82 Å². The summed E-state index contributed by atoms with van der Waals surface area (Å²) in [7, 11) is -4.06. The van der Waals surface area contributed by atoms with Crippen LogP contribution in [0.25, 0.3) is 0 Å². The summed E-state index contributed by atoms with van der Waals surface area (Å²) in [5, 5.41) is 9.08. The third-order valence-corrected chi connectivity index (χ3v) is 5.12. The number of hydrogen-bond donors (Lipinski definition) is 1. The summed E-state index contributed by atoms with van der Waals surface area (Å²) in [6.07, 6.45) is 0. The molecule has 1 heterocycles. The van der Waals surface area contributed by atoms with Gasteiger partial charge in [-0.15, -0.1) is 0 Å². The molecule has 122 valence electrons. The van der Waals surface area contributed by atoms with Crippen LogP contribution in [0.4, 0.5) is 4.39 Å². The molecule has 0 aromatic heterocycles. The standard InChI is InChI=1S/C13H17FN2O5S/c14-12-3-1-11(2-4-12)13(18)16(5-8-17)22(19,20)15-6-9-21-10-7-15/h1-4,17H,5-10H2. The Bertz CT molecular complexity index is 614. The Morgan fingerprint density at radius 2 is 1.86 bits per heavy atom. The molecule has 0 aliphatic carbocycles.